The molecule has 0 spiro atoms. The molecule has 1 aliphatic rings. The molecule has 7 nitrogen and oxygen atoms in total. The Hall–Kier alpha value is -4.00. The first kappa shape index (κ1) is 19.3. The number of anilines is 1. The zero-order chi connectivity index (χ0) is 21.1. The summed E-state index contributed by atoms with van der Waals surface area (Å²) in [5.74, 6) is 0.964. The van der Waals surface area contributed by atoms with Crippen LogP contribution < -0.4 is 9.64 Å². The van der Waals surface area contributed by atoms with Gasteiger partial charge in [-0.15, -0.1) is 0 Å². The predicted octanol–water partition coefficient (Wildman–Crippen LogP) is 4.80. The quantitative estimate of drug-likeness (QED) is 0.470. The number of nitro groups is 1. The maximum atomic E-state index is 11.3. The van der Waals surface area contributed by atoms with Crippen molar-refractivity contribution in [3.63, 3.8) is 0 Å². The number of phenolic OH excluding ortho intramolecular Hbond substituents is 1. The van der Waals surface area contributed by atoms with Gasteiger partial charge in [0.2, 0.25) is 0 Å². The highest BCUT2D eigenvalue weighted by Gasteiger charge is 2.30. The number of ether oxygens (including phenoxy) is 1. The van der Waals surface area contributed by atoms with Crippen LogP contribution in [0.1, 0.15) is 17.3 Å². The molecule has 0 saturated carbocycles. The van der Waals surface area contributed by atoms with Gasteiger partial charge in [-0.2, -0.15) is 0 Å². The Labute approximate surface area is 174 Å². The molecule has 152 valence electrons. The summed E-state index contributed by atoms with van der Waals surface area (Å²) in [6.45, 7) is 0.448. The number of aromatic hydroxyl groups is 1. The first-order valence-electron chi connectivity index (χ1n) is 9.44. The number of rotatable bonds is 6. The Morgan fingerprint density at radius 3 is 2.50 bits per heavy atom. The highest BCUT2D eigenvalue weighted by molar-refractivity contribution is 5.56. The van der Waals surface area contributed by atoms with E-state index in [1.807, 2.05) is 64.7 Å². The van der Waals surface area contributed by atoms with Gasteiger partial charge in [-0.3, -0.25) is 10.1 Å². The van der Waals surface area contributed by atoms with Crippen LogP contribution in [0.4, 0.5) is 11.4 Å². The average molecular weight is 403 g/mol. The SMILES string of the molecule is COc1ccc(N2C=CN(Cc3ccccc3O)C2c2cccc([N+](=O)[O-])c2)cc1. The Morgan fingerprint density at radius 1 is 1.03 bits per heavy atom. The summed E-state index contributed by atoms with van der Waals surface area (Å²) in [6.07, 6.45) is 3.56. The third-order valence-electron chi connectivity index (χ3n) is 5.09. The fourth-order valence-electron chi connectivity index (χ4n) is 3.59. The van der Waals surface area contributed by atoms with Gasteiger partial charge < -0.3 is 19.6 Å². The van der Waals surface area contributed by atoms with Crippen LogP contribution >= 0.6 is 0 Å². The number of methoxy groups -OCH3 is 1. The van der Waals surface area contributed by atoms with Crippen LogP contribution in [-0.2, 0) is 6.54 Å². The van der Waals surface area contributed by atoms with Gasteiger partial charge in [-0.25, -0.2) is 0 Å². The number of phenols is 1. The van der Waals surface area contributed by atoms with Crippen molar-refractivity contribution in [2.24, 2.45) is 0 Å². The number of nitrogens with zero attached hydrogens (tertiary/aromatic N) is 3. The molecule has 0 aromatic heterocycles. The molecule has 0 amide bonds. The van der Waals surface area contributed by atoms with Crippen LogP contribution in [0.25, 0.3) is 0 Å². The maximum absolute atomic E-state index is 11.3. The second-order valence-electron chi connectivity index (χ2n) is 6.93. The Morgan fingerprint density at radius 2 is 1.80 bits per heavy atom. The van der Waals surface area contributed by atoms with Crippen molar-refractivity contribution in [3.05, 3.63) is 106 Å². The van der Waals surface area contributed by atoms with E-state index in [4.69, 9.17) is 4.74 Å². The molecule has 0 saturated heterocycles. The molecule has 3 aromatic rings. The smallest absolute Gasteiger partial charge is 0.269 e. The van der Waals surface area contributed by atoms with E-state index in [0.717, 1.165) is 22.6 Å². The molecule has 1 atom stereocenters. The zero-order valence-electron chi connectivity index (χ0n) is 16.4. The summed E-state index contributed by atoms with van der Waals surface area (Å²) in [5.41, 5.74) is 2.51. The summed E-state index contributed by atoms with van der Waals surface area (Å²) in [5, 5.41) is 21.5. The van der Waals surface area contributed by atoms with E-state index in [9.17, 15) is 15.2 Å². The van der Waals surface area contributed by atoms with Crippen LogP contribution in [0.15, 0.2) is 85.2 Å². The Bertz CT molecular complexity index is 1080. The summed E-state index contributed by atoms with van der Waals surface area (Å²) in [6, 6.07) is 21.4. The van der Waals surface area contributed by atoms with E-state index in [-0.39, 0.29) is 17.6 Å². The van der Waals surface area contributed by atoms with Gasteiger partial charge in [0.15, 0.2) is 0 Å². The molecule has 1 unspecified atom stereocenters. The summed E-state index contributed by atoms with van der Waals surface area (Å²) >= 11 is 0. The number of hydrogen-bond acceptors (Lipinski definition) is 6. The number of hydrogen-bond donors (Lipinski definition) is 1. The molecule has 0 fully saturated rings. The Kier molecular flexibility index (Phi) is 5.26. The molecule has 1 heterocycles. The molecule has 1 aliphatic heterocycles. The monoisotopic (exact) mass is 403 g/mol. The normalized spacial score (nSPS) is 15.4. The lowest BCUT2D eigenvalue weighted by Crippen LogP contribution is -2.30. The van der Waals surface area contributed by atoms with Crippen LogP contribution in [0.5, 0.6) is 11.5 Å². The number of nitro benzene ring substituents is 1. The lowest BCUT2D eigenvalue weighted by molar-refractivity contribution is -0.384. The lowest BCUT2D eigenvalue weighted by atomic mass is 10.1. The molecule has 3 aromatic carbocycles. The van der Waals surface area contributed by atoms with Gasteiger partial charge in [0.05, 0.1) is 12.0 Å². The van der Waals surface area contributed by atoms with E-state index >= 15 is 0 Å². The Balaban J connectivity index is 1.73. The minimum absolute atomic E-state index is 0.0385. The first-order valence-corrected chi connectivity index (χ1v) is 9.44. The zero-order valence-corrected chi connectivity index (χ0v) is 16.4. The first-order chi connectivity index (χ1) is 14.6. The number of non-ortho nitro benzene ring substituents is 1. The molecule has 0 aliphatic carbocycles. The van der Waals surface area contributed by atoms with E-state index < -0.39 is 4.92 Å². The second-order valence-corrected chi connectivity index (χ2v) is 6.93. The van der Waals surface area contributed by atoms with Gasteiger partial charge in [0, 0.05) is 47.9 Å². The van der Waals surface area contributed by atoms with Crippen molar-refractivity contribution in [1.29, 1.82) is 0 Å². The van der Waals surface area contributed by atoms with Crippen molar-refractivity contribution in [2.75, 3.05) is 12.0 Å². The van der Waals surface area contributed by atoms with Crippen molar-refractivity contribution < 1.29 is 14.8 Å². The van der Waals surface area contributed by atoms with Gasteiger partial charge in [-0.05, 0) is 30.3 Å². The highest BCUT2D eigenvalue weighted by Crippen LogP contribution is 2.38. The summed E-state index contributed by atoms with van der Waals surface area (Å²) in [7, 11) is 1.62. The third-order valence-corrected chi connectivity index (χ3v) is 5.09. The molecular weight excluding hydrogens is 382 g/mol. The van der Waals surface area contributed by atoms with Crippen LogP contribution in [0, 0.1) is 10.1 Å². The molecule has 4 rings (SSSR count). The fourth-order valence-corrected chi connectivity index (χ4v) is 3.59. The number of para-hydroxylation sites is 1. The van der Waals surface area contributed by atoms with Gasteiger partial charge in [0.1, 0.15) is 17.7 Å². The van der Waals surface area contributed by atoms with Crippen LogP contribution in [0.2, 0.25) is 0 Å². The lowest BCUT2D eigenvalue weighted by Gasteiger charge is -2.33. The van der Waals surface area contributed by atoms with Crippen LogP contribution in [0.3, 0.4) is 0 Å². The van der Waals surface area contributed by atoms with Crippen molar-refractivity contribution in [1.82, 2.24) is 4.90 Å². The fraction of sp³-hybridized carbons (Fsp3) is 0.130. The topological polar surface area (TPSA) is 79.1 Å². The van der Waals surface area contributed by atoms with Crippen molar-refractivity contribution >= 4 is 11.4 Å². The summed E-state index contributed by atoms with van der Waals surface area (Å²) in [4.78, 5) is 15.0. The average Bonchev–Trinajstić information content (AvgIpc) is 3.19. The minimum atomic E-state index is -0.392. The van der Waals surface area contributed by atoms with E-state index in [2.05, 4.69) is 0 Å². The van der Waals surface area contributed by atoms with E-state index in [0.29, 0.717) is 6.54 Å². The number of benzene rings is 3. The summed E-state index contributed by atoms with van der Waals surface area (Å²) < 4.78 is 5.25. The van der Waals surface area contributed by atoms with Gasteiger partial charge >= 0.3 is 0 Å². The van der Waals surface area contributed by atoms with E-state index in [1.165, 1.54) is 6.07 Å². The molecule has 7 heteroatoms. The minimum Gasteiger partial charge on any atom is -0.508 e. The van der Waals surface area contributed by atoms with E-state index in [1.54, 1.807) is 31.4 Å². The maximum Gasteiger partial charge on any atom is 0.269 e. The molecule has 30 heavy (non-hydrogen) atoms. The standard InChI is InChI=1S/C23H21N3O4/c1-30-21-11-9-19(10-12-21)25-14-13-24(16-18-5-2-3-8-22(18)27)23(25)17-6-4-7-20(15-17)26(28)29/h2-15,23,27H,16H2,1H3. The molecule has 0 bridgehead atoms. The van der Waals surface area contributed by atoms with Gasteiger partial charge in [0.25, 0.3) is 5.69 Å². The largest absolute Gasteiger partial charge is 0.508 e. The molecule has 0 radical (unpaired) electrons. The van der Waals surface area contributed by atoms with Crippen LogP contribution in [-0.4, -0.2) is 22.0 Å². The predicted molar refractivity (Wildman–Crippen MR) is 114 cm³/mol. The van der Waals surface area contributed by atoms with Crippen molar-refractivity contribution in [2.45, 2.75) is 12.7 Å². The molecular formula is C23H21N3O4. The third kappa shape index (κ3) is 3.77. The molecule has 1 N–H and O–H groups in total. The second kappa shape index (κ2) is 8.16. The highest BCUT2D eigenvalue weighted by atomic mass is 16.6. The van der Waals surface area contributed by atoms with Crippen molar-refractivity contribution in [3.8, 4) is 11.5 Å². The van der Waals surface area contributed by atoms with Gasteiger partial charge in [-0.1, -0.05) is 30.3 Å².